The highest BCUT2D eigenvalue weighted by atomic mass is 16.5. The molecule has 0 amide bonds. The third-order valence-electron chi connectivity index (χ3n) is 5.52. The smallest absolute Gasteiger partial charge is 0.348 e. The van der Waals surface area contributed by atoms with Crippen LogP contribution in [0.2, 0.25) is 0 Å². The van der Waals surface area contributed by atoms with Gasteiger partial charge in [-0.2, -0.15) is 0 Å². The molecule has 0 saturated heterocycles. The van der Waals surface area contributed by atoms with Gasteiger partial charge in [-0.1, -0.05) is 48.5 Å². The van der Waals surface area contributed by atoms with Crippen LogP contribution >= 0.6 is 0 Å². The molecule has 0 aliphatic rings. The second-order valence-corrected chi connectivity index (χ2v) is 8.26. The first-order valence-electron chi connectivity index (χ1n) is 11.1. The zero-order valence-corrected chi connectivity index (χ0v) is 19.2. The van der Waals surface area contributed by atoms with Crippen LogP contribution in [0.3, 0.4) is 0 Å². The molecule has 3 aromatic carbocycles. The number of benzene rings is 3. The number of ether oxygens (including phenoxy) is 2. The summed E-state index contributed by atoms with van der Waals surface area (Å²) in [6, 6.07) is 26.2. The van der Waals surface area contributed by atoms with Crippen LogP contribution in [-0.4, -0.2) is 28.3 Å². The lowest BCUT2D eigenvalue weighted by Gasteiger charge is -2.26. The van der Waals surface area contributed by atoms with Crippen LogP contribution in [0.15, 0.2) is 89.3 Å². The number of carboxylic acids is 1. The Bertz CT molecular complexity index is 1220. The van der Waals surface area contributed by atoms with E-state index in [0.29, 0.717) is 30.4 Å². The van der Waals surface area contributed by atoms with E-state index in [1.54, 1.807) is 19.1 Å². The maximum Gasteiger partial charge on any atom is 0.348 e. The number of carboxylic acid groups (broad SMARTS) is 1. The van der Waals surface area contributed by atoms with Crippen LogP contribution < -0.4 is 9.47 Å². The first-order chi connectivity index (χ1) is 16.4. The quantitative estimate of drug-likeness (QED) is 0.327. The van der Waals surface area contributed by atoms with Crippen LogP contribution in [0.25, 0.3) is 11.5 Å². The van der Waals surface area contributed by atoms with Gasteiger partial charge in [0.25, 0.3) is 0 Å². The number of carbonyl (C=O) groups is 1. The molecule has 1 atom stereocenters. The summed E-state index contributed by atoms with van der Waals surface area (Å²) < 4.78 is 17.5. The standard InChI is InChI=1S/C28H27NO5/c1-20-25(29-26(33-20)22-9-5-3-6-10-22)17-18-32-23-15-13-21(14-16-23)19-28(2,27(30)31)34-24-11-7-4-8-12-24/h3-16H,17-19H2,1-2H3,(H,30,31)/t28-/m0/s1. The van der Waals surface area contributed by atoms with Gasteiger partial charge in [-0.15, -0.1) is 0 Å². The number of aromatic nitrogens is 1. The average molecular weight is 458 g/mol. The molecule has 4 rings (SSSR count). The Kier molecular flexibility index (Phi) is 6.97. The SMILES string of the molecule is Cc1oc(-c2ccccc2)nc1CCOc1ccc(C[C@](C)(Oc2ccccc2)C(=O)O)cc1. The van der Waals surface area contributed by atoms with Gasteiger partial charge >= 0.3 is 5.97 Å². The first-order valence-corrected chi connectivity index (χ1v) is 11.1. The molecule has 0 aliphatic carbocycles. The predicted molar refractivity (Wildman–Crippen MR) is 129 cm³/mol. The fourth-order valence-corrected chi connectivity index (χ4v) is 3.63. The van der Waals surface area contributed by atoms with Gasteiger partial charge < -0.3 is 19.0 Å². The third kappa shape index (κ3) is 5.64. The Balaban J connectivity index is 1.34. The van der Waals surface area contributed by atoms with Crippen LogP contribution in [0.4, 0.5) is 0 Å². The van der Waals surface area contributed by atoms with Crippen molar-refractivity contribution in [2.75, 3.05) is 6.61 Å². The van der Waals surface area contributed by atoms with Gasteiger partial charge in [0.2, 0.25) is 11.5 Å². The Labute approximate surface area is 198 Å². The molecule has 174 valence electrons. The molecule has 0 spiro atoms. The molecule has 34 heavy (non-hydrogen) atoms. The first kappa shape index (κ1) is 23.1. The van der Waals surface area contributed by atoms with Crippen molar-refractivity contribution in [2.24, 2.45) is 0 Å². The Morgan fingerprint density at radius 3 is 2.24 bits per heavy atom. The minimum atomic E-state index is -1.38. The van der Waals surface area contributed by atoms with Crippen LogP contribution in [0.5, 0.6) is 11.5 Å². The van der Waals surface area contributed by atoms with E-state index in [0.717, 1.165) is 22.6 Å². The van der Waals surface area contributed by atoms with E-state index in [9.17, 15) is 9.90 Å². The molecule has 6 heteroatoms. The number of hydrogen-bond donors (Lipinski definition) is 1. The lowest BCUT2D eigenvalue weighted by atomic mass is 9.96. The summed E-state index contributed by atoms with van der Waals surface area (Å²) >= 11 is 0. The normalized spacial score (nSPS) is 12.6. The molecule has 0 aliphatic heterocycles. The minimum absolute atomic E-state index is 0.220. The van der Waals surface area contributed by atoms with E-state index >= 15 is 0 Å². The van der Waals surface area contributed by atoms with Gasteiger partial charge in [-0.3, -0.25) is 0 Å². The van der Waals surface area contributed by atoms with Crippen LogP contribution in [0.1, 0.15) is 23.9 Å². The lowest BCUT2D eigenvalue weighted by Crippen LogP contribution is -2.43. The van der Waals surface area contributed by atoms with Crippen molar-refractivity contribution >= 4 is 5.97 Å². The maximum atomic E-state index is 11.9. The van der Waals surface area contributed by atoms with Crippen molar-refractivity contribution in [1.29, 1.82) is 0 Å². The van der Waals surface area contributed by atoms with Gasteiger partial charge in [0.05, 0.1) is 12.3 Å². The Morgan fingerprint density at radius 1 is 0.941 bits per heavy atom. The second kappa shape index (κ2) is 10.3. The topological polar surface area (TPSA) is 81.8 Å². The van der Waals surface area contributed by atoms with Gasteiger partial charge in [0.15, 0.2) is 0 Å². The molecule has 1 N–H and O–H groups in total. The molecular formula is C28H27NO5. The second-order valence-electron chi connectivity index (χ2n) is 8.26. The number of rotatable bonds is 10. The van der Waals surface area contributed by atoms with E-state index in [2.05, 4.69) is 4.98 Å². The van der Waals surface area contributed by atoms with Crippen molar-refractivity contribution in [3.63, 3.8) is 0 Å². The average Bonchev–Trinajstić information content (AvgIpc) is 3.22. The molecule has 1 aromatic heterocycles. The van der Waals surface area contributed by atoms with E-state index < -0.39 is 11.6 Å². The summed E-state index contributed by atoms with van der Waals surface area (Å²) in [7, 11) is 0. The number of nitrogens with zero attached hydrogens (tertiary/aromatic N) is 1. The molecule has 0 saturated carbocycles. The van der Waals surface area contributed by atoms with Crippen LogP contribution in [-0.2, 0) is 17.6 Å². The molecule has 4 aromatic rings. The van der Waals surface area contributed by atoms with E-state index in [4.69, 9.17) is 13.9 Å². The highest BCUT2D eigenvalue weighted by molar-refractivity contribution is 5.78. The summed E-state index contributed by atoms with van der Waals surface area (Å²) in [5.41, 5.74) is 1.27. The zero-order valence-electron chi connectivity index (χ0n) is 19.2. The monoisotopic (exact) mass is 457 g/mol. The molecule has 6 nitrogen and oxygen atoms in total. The van der Waals surface area contributed by atoms with Crippen molar-refractivity contribution in [3.8, 4) is 23.0 Å². The summed E-state index contributed by atoms with van der Waals surface area (Å²) in [5, 5.41) is 9.77. The van der Waals surface area contributed by atoms with Crippen molar-refractivity contribution < 1.29 is 23.8 Å². The van der Waals surface area contributed by atoms with Gasteiger partial charge in [-0.05, 0) is 55.8 Å². The van der Waals surface area contributed by atoms with E-state index in [1.165, 1.54) is 0 Å². The predicted octanol–water partition coefficient (Wildman–Crippen LogP) is 5.74. The summed E-state index contributed by atoms with van der Waals surface area (Å²) in [6.45, 7) is 3.93. The summed E-state index contributed by atoms with van der Waals surface area (Å²) in [6.07, 6.45) is 0.837. The highest BCUT2D eigenvalue weighted by Crippen LogP contribution is 2.25. The fourth-order valence-electron chi connectivity index (χ4n) is 3.63. The van der Waals surface area contributed by atoms with Gasteiger partial charge in [-0.25, -0.2) is 9.78 Å². The Hall–Kier alpha value is -4.06. The molecule has 0 bridgehead atoms. The van der Waals surface area contributed by atoms with Gasteiger partial charge in [0.1, 0.15) is 17.3 Å². The highest BCUT2D eigenvalue weighted by Gasteiger charge is 2.36. The number of hydrogen-bond acceptors (Lipinski definition) is 5. The third-order valence-corrected chi connectivity index (χ3v) is 5.52. The van der Waals surface area contributed by atoms with E-state index in [-0.39, 0.29) is 6.42 Å². The zero-order chi connectivity index (χ0) is 24.0. The molecule has 0 fully saturated rings. The summed E-state index contributed by atoms with van der Waals surface area (Å²) in [4.78, 5) is 16.5. The molecule has 1 heterocycles. The fraction of sp³-hybridized carbons (Fsp3) is 0.214. The van der Waals surface area contributed by atoms with E-state index in [1.807, 2.05) is 79.7 Å². The minimum Gasteiger partial charge on any atom is -0.493 e. The molecule has 0 unspecified atom stereocenters. The van der Waals surface area contributed by atoms with Crippen molar-refractivity contribution in [3.05, 3.63) is 102 Å². The number of aryl methyl sites for hydroxylation is 1. The number of oxazole rings is 1. The van der Waals surface area contributed by atoms with Crippen LogP contribution in [0, 0.1) is 6.92 Å². The lowest BCUT2D eigenvalue weighted by molar-refractivity contribution is -0.153. The van der Waals surface area contributed by atoms with Gasteiger partial charge in [0, 0.05) is 18.4 Å². The largest absolute Gasteiger partial charge is 0.493 e. The number of para-hydroxylation sites is 1. The molecular weight excluding hydrogens is 430 g/mol. The Morgan fingerprint density at radius 2 is 1.59 bits per heavy atom. The molecule has 0 radical (unpaired) electrons. The van der Waals surface area contributed by atoms with Crippen molar-refractivity contribution in [1.82, 2.24) is 4.98 Å². The number of aliphatic carboxylic acids is 1. The summed E-state index contributed by atoms with van der Waals surface area (Å²) in [5.74, 6) is 1.59. The maximum absolute atomic E-state index is 11.9. The van der Waals surface area contributed by atoms with Crippen molar-refractivity contribution in [2.45, 2.75) is 32.3 Å².